The monoisotopic (exact) mass is 436 g/mol. The second-order valence-corrected chi connectivity index (χ2v) is 7.63. The van der Waals surface area contributed by atoms with Gasteiger partial charge in [-0.15, -0.1) is 0 Å². The van der Waals surface area contributed by atoms with E-state index in [1.165, 1.54) is 16.7 Å². The molecule has 1 heterocycles. The molecule has 0 unspecified atom stereocenters. The van der Waals surface area contributed by atoms with Crippen molar-refractivity contribution in [3.63, 3.8) is 0 Å². The molecule has 0 spiro atoms. The van der Waals surface area contributed by atoms with E-state index in [1.54, 1.807) is 12.1 Å². The van der Waals surface area contributed by atoms with Gasteiger partial charge in [-0.25, -0.2) is 9.37 Å². The van der Waals surface area contributed by atoms with Gasteiger partial charge in [0.05, 0.1) is 6.54 Å². The molecule has 0 radical (unpaired) electrons. The van der Waals surface area contributed by atoms with Crippen molar-refractivity contribution in [3.8, 4) is 5.75 Å². The minimum atomic E-state index is -1.01. The van der Waals surface area contributed by atoms with Gasteiger partial charge in [0.2, 0.25) is 5.75 Å². The second kappa shape index (κ2) is 10.00. The van der Waals surface area contributed by atoms with Crippen LogP contribution in [0.4, 0.5) is 4.39 Å². The summed E-state index contributed by atoms with van der Waals surface area (Å²) in [6, 6.07) is 13.2. The third kappa shape index (κ3) is 5.46. The van der Waals surface area contributed by atoms with Gasteiger partial charge in [-0.2, -0.15) is 0 Å². The molecule has 0 fully saturated rings. The van der Waals surface area contributed by atoms with Crippen LogP contribution in [0.1, 0.15) is 52.8 Å². The molecule has 0 saturated carbocycles. The van der Waals surface area contributed by atoms with E-state index in [9.17, 15) is 19.1 Å². The number of carbonyl (C=O) groups excluding carboxylic acids is 1. The third-order valence-corrected chi connectivity index (χ3v) is 5.03. The van der Waals surface area contributed by atoms with Crippen LogP contribution in [0.5, 0.6) is 5.75 Å². The first kappa shape index (κ1) is 22.9. The fourth-order valence-corrected chi connectivity index (χ4v) is 3.50. The lowest BCUT2D eigenvalue weighted by Gasteiger charge is -2.15. The van der Waals surface area contributed by atoms with Gasteiger partial charge in [-0.05, 0) is 35.2 Å². The zero-order valence-corrected chi connectivity index (χ0v) is 17.8. The number of aromatic hydroxyl groups is 1. The van der Waals surface area contributed by atoms with Crippen LogP contribution in [0, 0.1) is 11.2 Å². The average Bonchev–Trinajstić information content (AvgIpc) is 2.75. The molecule has 0 aliphatic rings. The van der Waals surface area contributed by atoms with Crippen molar-refractivity contribution in [2.24, 2.45) is 5.73 Å². The molecule has 3 aromatic rings. The second-order valence-electron chi connectivity index (χ2n) is 7.63. The molecule has 7 nitrogen and oxygen atoms in total. The number of hydrogen-bond acceptors (Lipinski definition) is 5. The standard InChI is InChI=1S/C24H25FN4O3/c1-2-4-19(26)12-16-5-3-6-17(11-16)14-29-20(13-15-7-9-18(25)10-8-15)28-21(23(27)31)22(30)24(29)32/h3,5-11,26,30H,2,4,12-14H2,1H3,(H2,27,31). The highest BCUT2D eigenvalue weighted by molar-refractivity contribution is 5.93. The maximum atomic E-state index is 13.3. The predicted molar refractivity (Wildman–Crippen MR) is 120 cm³/mol. The molecule has 2 aromatic carbocycles. The highest BCUT2D eigenvalue weighted by atomic mass is 19.1. The minimum Gasteiger partial charge on any atom is -0.501 e. The number of amides is 1. The van der Waals surface area contributed by atoms with E-state index in [2.05, 4.69) is 4.98 Å². The molecule has 32 heavy (non-hydrogen) atoms. The van der Waals surface area contributed by atoms with Gasteiger partial charge in [-0.1, -0.05) is 49.7 Å². The van der Waals surface area contributed by atoms with Crippen LogP contribution in [0.2, 0.25) is 0 Å². The first-order valence-electron chi connectivity index (χ1n) is 10.3. The number of nitrogens with two attached hydrogens (primary N) is 1. The summed E-state index contributed by atoms with van der Waals surface area (Å²) in [4.78, 5) is 28.7. The Morgan fingerprint density at radius 1 is 1.16 bits per heavy atom. The lowest BCUT2D eigenvalue weighted by atomic mass is 10.0. The summed E-state index contributed by atoms with van der Waals surface area (Å²) in [7, 11) is 0. The van der Waals surface area contributed by atoms with Crippen LogP contribution in [0.25, 0.3) is 0 Å². The van der Waals surface area contributed by atoms with Gasteiger partial charge >= 0.3 is 0 Å². The molecule has 1 aromatic heterocycles. The van der Waals surface area contributed by atoms with E-state index in [-0.39, 0.29) is 18.8 Å². The maximum absolute atomic E-state index is 13.3. The predicted octanol–water partition coefficient (Wildman–Crippen LogP) is 3.19. The highest BCUT2D eigenvalue weighted by Crippen LogP contribution is 2.16. The average molecular weight is 436 g/mol. The van der Waals surface area contributed by atoms with E-state index in [0.717, 1.165) is 24.0 Å². The van der Waals surface area contributed by atoms with Crippen molar-refractivity contribution in [3.05, 3.63) is 92.9 Å². The Morgan fingerprint density at radius 3 is 2.50 bits per heavy atom. The number of primary amides is 1. The first-order chi connectivity index (χ1) is 15.3. The topological polar surface area (TPSA) is 122 Å². The van der Waals surface area contributed by atoms with Crippen molar-refractivity contribution < 1.29 is 14.3 Å². The Hall–Kier alpha value is -3.81. The van der Waals surface area contributed by atoms with Gasteiger partial charge in [0, 0.05) is 18.6 Å². The van der Waals surface area contributed by atoms with E-state index in [1.807, 2.05) is 31.2 Å². The van der Waals surface area contributed by atoms with Crippen LogP contribution in [-0.4, -0.2) is 26.3 Å². The van der Waals surface area contributed by atoms with Gasteiger partial charge in [-0.3, -0.25) is 14.2 Å². The van der Waals surface area contributed by atoms with E-state index >= 15 is 0 Å². The molecule has 1 amide bonds. The lowest BCUT2D eigenvalue weighted by Crippen LogP contribution is -2.29. The summed E-state index contributed by atoms with van der Waals surface area (Å²) in [5.74, 6) is -1.99. The summed E-state index contributed by atoms with van der Waals surface area (Å²) in [6.07, 6.45) is 2.27. The Kier molecular flexibility index (Phi) is 7.14. The van der Waals surface area contributed by atoms with Gasteiger partial charge in [0.15, 0.2) is 5.69 Å². The highest BCUT2D eigenvalue weighted by Gasteiger charge is 2.20. The summed E-state index contributed by atoms with van der Waals surface area (Å²) >= 11 is 0. The molecule has 8 heteroatoms. The van der Waals surface area contributed by atoms with E-state index < -0.39 is 28.7 Å². The maximum Gasteiger partial charge on any atom is 0.296 e. The summed E-state index contributed by atoms with van der Waals surface area (Å²) < 4.78 is 14.6. The zero-order valence-electron chi connectivity index (χ0n) is 17.8. The molecule has 0 aliphatic heterocycles. The molecule has 3 rings (SSSR count). The van der Waals surface area contributed by atoms with Crippen LogP contribution >= 0.6 is 0 Å². The smallest absolute Gasteiger partial charge is 0.296 e. The molecule has 0 bridgehead atoms. The van der Waals surface area contributed by atoms with Crippen LogP contribution in [0.3, 0.4) is 0 Å². The van der Waals surface area contributed by atoms with Crippen LogP contribution in [-0.2, 0) is 19.4 Å². The summed E-state index contributed by atoms with van der Waals surface area (Å²) in [6.45, 7) is 2.12. The molecule has 0 aliphatic carbocycles. The number of aromatic nitrogens is 2. The zero-order chi connectivity index (χ0) is 23.3. The van der Waals surface area contributed by atoms with Gasteiger partial charge < -0.3 is 16.2 Å². The molecule has 166 valence electrons. The van der Waals surface area contributed by atoms with E-state index in [0.29, 0.717) is 17.7 Å². The third-order valence-electron chi connectivity index (χ3n) is 5.03. The van der Waals surface area contributed by atoms with E-state index in [4.69, 9.17) is 11.1 Å². The number of halogens is 1. The Labute approximate surface area is 184 Å². The summed E-state index contributed by atoms with van der Waals surface area (Å²) in [5, 5.41) is 18.3. The van der Waals surface area contributed by atoms with Crippen LogP contribution in [0.15, 0.2) is 53.3 Å². The SMILES string of the molecule is CCCC(=N)Cc1cccc(Cn2c(Cc3ccc(F)cc3)nc(C(N)=O)c(O)c2=O)c1. The number of carbonyl (C=O) groups is 1. The fraction of sp³-hybridized carbons (Fsp3) is 0.250. The van der Waals surface area contributed by atoms with Crippen LogP contribution < -0.4 is 11.3 Å². The van der Waals surface area contributed by atoms with Crippen molar-refractivity contribution in [1.29, 1.82) is 5.41 Å². The van der Waals surface area contributed by atoms with Crippen molar-refractivity contribution in [1.82, 2.24) is 9.55 Å². The fourth-order valence-electron chi connectivity index (χ4n) is 3.50. The van der Waals surface area contributed by atoms with Gasteiger partial charge in [0.25, 0.3) is 11.5 Å². The molecule has 4 N–H and O–H groups in total. The summed E-state index contributed by atoms with van der Waals surface area (Å²) in [5.41, 5.74) is 7.03. The van der Waals surface area contributed by atoms with Crippen molar-refractivity contribution in [2.45, 2.75) is 39.2 Å². The number of hydrogen-bond donors (Lipinski definition) is 3. The number of benzene rings is 2. The number of nitrogens with zero attached hydrogens (tertiary/aromatic N) is 2. The van der Waals surface area contributed by atoms with Crippen molar-refractivity contribution >= 4 is 11.6 Å². The Balaban J connectivity index is 2.00. The molecular formula is C24H25FN4O3. The normalized spacial score (nSPS) is 10.8. The number of nitrogens with one attached hydrogen (secondary N) is 1. The van der Waals surface area contributed by atoms with Crippen molar-refractivity contribution in [2.75, 3.05) is 0 Å². The lowest BCUT2D eigenvalue weighted by molar-refractivity contribution is 0.0991. The largest absolute Gasteiger partial charge is 0.501 e. The van der Waals surface area contributed by atoms with Gasteiger partial charge in [0.1, 0.15) is 11.6 Å². The first-order valence-corrected chi connectivity index (χ1v) is 10.3. The molecule has 0 saturated heterocycles. The molecular weight excluding hydrogens is 411 g/mol. The Morgan fingerprint density at radius 2 is 1.84 bits per heavy atom. The minimum absolute atomic E-state index is 0.101. The number of rotatable bonds is 9. The Bertz CT molecular complexity index is 1200. The molecule has 0 atom stereocenters. The quantitative estimate of drug-likeness (QED) is 0.446.